The molecule has 1 aromatic carbocycles. The molecule has 1 N–H and O–H groups in total. The number of rotatable bonds is 4. The van der Waals surface area contributed by atoms with Crippen molar-refractivity contribution in [2.45, 2.75) is 51.5 Å². The molecule has 6 nitrogen and oxygen atoms in total. The minimum absolute atomic E-state index is 0.206. The molecule has 0 unspecified atom stereocenters. The molecule has 1 aliphatic carbocycles. The quantitative estimate of drug-likeness (QED) is 0.823. The summed E-state index contributed by atoms with van der Waals surface area (Å²) >= 11 is 0. The molecule has 2 fully saturated rings. The molecule has 166 valence electrons. The number of aromatic nitrogens is 1. The zero-order chi connectivity index (χ0) is 21.2. The molecule has 1 aromatic heterocycles. The maximum atomic E-state index is 13.0. The number of carbonyl (C=O) groups is 2. The Kier molecular flexibility index (Phi) is 5.99. The smallest absolute Gasteiger partial charge is 0.237 e. The minimum Gasteiger partial charge on any atom is -0.358 e. The summed E-state index contributed by atoms with van der Waals surface area (Å²) in [6, 6.07) is 8.36. The van der Waals surface area contributed by atoms with Gasteiger partial charge in [0.05, 0.1) is 6.54 Å². The average molecular weight is 423 g/mol. The van der Waals surface area contributed by atoms with E-state index in [2.05, 4.69) is 28.1 Å². The van der Waals surface area contributed by atoms with E-state index in [1.807, 2.05) is 15.9 Å². The molecule has 0 radical (unpaired) electrons. The fourth-order valence-electron chi connectivity index (χ4n) is 5.59. The number of nitrogens with one attached hydrogen (secondary N) is 1. The lowest BCUT2D eigenvalue weighted by Crippen LogP contribution is -2.52. The standard InChI is InChI=1S/C25H34N4O2/c30-24(16-19-6-2-1-3-7-19)28-14-12-27(13-15-28)18-25(31)29-11-10-23-21(17-29)20-8-4-5-9-22(20)26-23/h4-5,8-9,19,26H,1-3,6-7,10-18H2. The first kappa shape index (κ1) is 20.6. The second-order valence-corrected chi connectivity index (χ2v) is 9.56. The number of H-pyrrole nitrogens is 1. The SMILES string of the molecule is O=C(CC1CCCCC1)N1CCN(CC(=O)N2CCc3[nH]c4ccccc4c3C2)CC1. The van der Waals surface area contributed by atoms with E-state index in [1.54, 1.807) is 0 Å². The molecule has 0 atom stereocenters. The van der Waals surface area contributed by atoms with Crippen LogP contribution in [0, 0.1) is 5.92 Å². The molecule has 2 aromatic rings. The van der Waals surface area contributed by atoms with Gasteiger partial charge in [-0.05, 0) is 24.8 Å². The molecule has 0 bridgehead atoms. The molecule has 3 heterocycles. The summed E-state index contributed by atoms with van der Waals surface area (Å²) in [5.41, 5.74) is 3.71. The molecule has 3 aliphatic rings. The van der Waals surface area contributed by atoms with Crippen molar-refractivity contribution in [2.75, 3.05) is 39.3 Å². The first-order chi connectivity index (χ1) is 15.2. The molecule has 0 spiro atoms. The Hall–Kier alpha value is -2.34. The summed E-state index contributed by atoms with van der Waals surface area (Å²) < 4.78 is 0. The molecular formula is C25H34N4O2. The van der Waals surface area contributed by atoms with E-state index < -0.39 is 0 Å². The molecule has 1 saturated heterocycles. The molecule has 1 saturated carbocycles. The van der Waals surface area contributed by atoms with Crippen molar-refractivity contribution in [3.05, 3.63) is 35.5 Å². The fourth-order valence-corrected chi connectivity index (χ4v) is 5.59. The van der Waals surface area contributed by atoms with E-state index in [1.165, 1.54) is 48.7 Å². The van der Waals surface area contributed by atoms with Gasteiger partial charge in [-0.15, -0.1) is 0 Å². The van der Waals surface area contributed by atoms with Gasteiger partial charge in [-0.25, -0.2) is 0 Å². The maximum Gasteiger partial charge on any atom is 0.237 e. The van der Waals surface area contributed by atoms with E-state index in [0.717, 1.165) is 51.1 Å². The van der Waals surface area contributed by atoms with Gasteiger partial charge in [0.15, 0.2) is 0 Å². The second kappa shape index (κ2) is 9.03. The van der Waals surface area contributed by atoms with E-state index >= 15 is 0 Å². The van der Waals surface area contributed by atoms with Crippen LogP contribution in [0.4, 0.5) is 0 Å². The van der Waals surface area contributed by atoms with E-state index in [9.17, 15) is 9.59 Å². The maximum absolute atomic E-state index is 13.0. The van der Waals surface area contributed by atoms with E-state index in [4.69, 9.17) is 0 Å². The first-order valence-electron chi connectivity index (χ1n) is 12.0. The summed E-state index contributed by atoms with van der Waals surface area (Å²) in [7, 11) is 0. The van der Waals surface area contributed by atoms with Gasteiger partial charge in [0.1, 0.15) is 0 Å². The van der Waals surface area contributed by atoms with Gasteiger partial charge >= 0.3 is 0 Å². The third kappa shape index (κ3) is 4.49. The van der Waals surface area contributed by atoms with Gasteiger partial charge in [0.2, 0.25) is 11.8 Å². The van der Waals surface area contributed by atoms with Crippen molar-refractivity contribution in [1.82, 2.24) is 19.7 Å². The van der Waals surface area contributed by atoms with Gasteiger partial charge in [0, 0.05) is 74.3 Å². The summed E-state index contributed by atoms with van der Waals surface area (Å²) in [6.07, 6.45) is 7.94. The predicted molar refractivity (Wildman–Crippen MR) is 122 cm³/mol. The Labute approximate surface area is 184 Å². The Balaban J connectivity index is 1.11. The Bertz CT molecular complexity index is 938. The summed E-state index contributed by atoms with van der Waals surface area (Å²) in [5, 5.41) is 1.24. The van der Waals surface area contributed by atoms with Crippen molar-refractivity contribution < 1.29 is 9.59 Å². The number of aromatic amines is 1. The van der Waals surface area contributed by atoms with Crippen LogP contribution in [0.15, 0.2) is 24.3 Å². The van der Waals surface area contributed by atoms with Crippen LogP contribution >= 0.6 is 0 Å². The second-order valence-electron chi connectivity index (χ2n) is 9.56. The van der Waals surface area contributed by atoms with Gasteiger partial charge < -0.3 is 14.8 Å². The van der Waals surface area contributed by atoms with Gasteiger partial charge in [0.25, 0.3) is 0 Å². The largest absolute Gasteiger partial charge is 0.358 e. The van der Waals surface area contributed by atoms with Gasteiger partial charge in [-0.2, -0.15) is 0 Å². The topological polar surface area (TPSA) is 59.7 Å². The highest BCUT2D eigenvalue weighted by molar-refractivity contribution is 5.86. The Morgan fingerprint density at radius 3 is 2.48 bits per heavy atom. The summed E-state index contributed by atoms with van der Waals surface area (Å²) in [5.74, 6) is 1.12. The van der Waals surface area contributed by atoms with Crippen molar-refractivity contribution in [3.8, 4) is 0 Å². The third-order valence-electron chi connectivity index (χ3n) is 7.51. The predicted octanol–water partition coefficient (Wildman–Crippen LogP) is 3.17. The first-order valence-corrected chi connectivity index (χ1v) is 12.0. The number of para-hydroxylation sites is 1. The third-order valence-corrected chi connectivity index (χ3v) is 7.51. The molecule has 6 heteroatoms. The number of amides is 2. The minimum atomic E-state index is 0.206. The number of piperazine rings is 1. The lowest BCUT2D eigenvalue weighted by Gasteiger charge is -2.36. The zero-order valence-corrected chi connectivity index (χ0v) is 18.4. The lowest BCUT2D eigenvalue weighted by atomic mass is 9.86. The van der Waals surface area contributed by atoms with Crippen LogP contribution in [-0.2, 0) is 22.6 Å². The molecule has 31 heavy (non-hydrogen) atoms. The average Bonchev–Trinajstić information content (AvgIpc) is 3.18. The normalized spacial score (nSPS) is 20.8. The monoisotopic (exact) mass is 422 g/mol. The highest BCUT2D eigenvalue weighted by Gasteiger charge is 2.28. The lowest BCUT2D eigenvalue weighted by molar-refractivity contribution is -0.136. The number of benzene rings is 1. The zero-order valence-electron chi connectivity index (χ0n) is 18.4. The van der Waals surface area contributed by atoms with Crippen LogP contribution in [0.2, 0.25) is 0 Å². The van der Waals surface area contributed by atoms with Crippen LogP contribution in [0.5, 0.6) is 0 Å². The molecular weight excluding hydrogens is 388 g/mol. The molecule has 5 rings (SSSR count). The van der Waals surface area contributed by atoms with Gasteiger partial charge in [-0.3, -0.25) is 14.5 Å². The Morgan fingerprint density at radius 1 is 0.903 bits per heavy atom. The number of hydrogen-bond donors (Lipinski definition) is 1. The molecule has 2 amide bonds. The van der Waals surface area contributed by atoms with Crippen LogP contribution in [-0.4, -0.2) is 70.8 Å². The van der Waals surface area contributed by atoms with Crippen molar-refractivity contribution in [2.24, 2.45) is 5.92 Å². The fraction of sp³-hybridized carbons (Fsp3) is 0.600. The van der Waals surface area contributed by atoms with Crippen LogP contribution in [0.3, 0.4) is 0 Å². The number of carbonyl (C=O) groups excluding carboxylic acids is 2. The molecule has 2 aliphatic heterocycles. The van der Waals surface area contributed by atoms with Crippen LogP contribution in [0.1, 0.15) is 49.8 Å². The van der Waals surface area contributed by atoms with Gasteiger partial charge in [-0.1, -0.05) is 37.5 Å². The number of hydrogen-bond acceptors (Lipinski definition) is 3. The van der Waals surface area contributed by atoms with Crippen LogP contribution in [0.25, 0.3) is 10.9 Å². The van der Waals surface area contributed by atoms with Crippen molar-refractivity contribution in [1.29, 1.82) is 0 Å². The van der Waals surface area contributed by atoms with E-state index in [0.29, 0.717) is 24.9 Å². The van der Waals surface area contributed by atoms with Crippen molar-refractivity contribution in [3.63, 3.8) is 0 Å². The Morgan fingerprint density at radius 2 is 1.68 bits per heavy atom. The summed E-state index contributed by atoms with van der Waals surface area (Å²) in [6.45, 7) is 5.04. The highest BCUT2D eigenvalue weighted by Crippen LogP contribution is 2.28. The van der Waals surface area contributed by atoms with Crippen molar-refractivity contribution >= 4 is 22.7 Å². The van der Waals surface area contributed by atoms with Crippen LogP contribution < -0.4 is 0 Å². The number of nitrogens with zero attached hydrogens (tertiary/aromatic N) is 3. The summed E-state index contributed by atoms with van der Waals surface area (Å²) in [4.78, 5) is 35.4. The van der Waals surface area contributed by atoms with E-state index in [-0.39, 0.29) is 5.91 Å². The number of fused-ring (bicyclic) bond motifs is 3. The highest BCUT2D eigenvalue weighted by atomic mass is 16.2.